The fraction of sp³-hybridized carbons (Fsp3) is 0.333. The number of carbonyl (C=O) groups is 2. The maximum atomic E-state index is 12.8. The lowest BCUT2D eigenvalue weighted by Gasteiger charge is -2.13. The monoisotopic (exact) mass is 273 g/mol. The van der Waals surface area contributed by atoms with Crippen LogP contribution in [0.2, 0.25) is 5.02 Å². The Labute approximate surface area is 109 Å². The molecule has 1 atom stereocenters. The summed E-state index contributed by atoms with van der Waals surface area (Å²) in [6, 6.07) is 2.62. The van der Waals surface area contributed by atoms with Gasteiger partial charge >= 0.3 is 5.97 Å². The minimum absolute atomic E-state index is 0.0106. The van der Waals surface area contributed by atoms with Crippen LogP contribution in [0.3, 0.4) is 0 Å². The molecule has 1 aromatic rings. The number of hydrogen-bond acceptors (Lipinski definition) is 3. The van der Waals surface area contributed by atoms with E-state index in [9.17, 15) is 14.0 Å². The average molecular weight is 274 g/mol. The number of esters is 1. The molecule has 1 N–H and O–H groups in total. The molecule has 0 aliphatic heterocycles. The van der Waals surface area contributed by atoms with E-state index in [0.717, 1.165) is 12.1 Å². The summed E-state index contributed by atoms with van der Waals surface area (Å²) in [5.41, 5.74) is 0.106. The second-order valence-corrected chi connectivity index (χ2v) is 3.98. The molecule has 1 unspecified atom stereocenters. The molecule has 0 aliphatic rings. The number of rotatable bonds is 4. The van der Waals surface area contributed by atoms with E-state index in [1.54, 1.807) is 6.92 Å². The molecule has 0 fully saturated rings. The van der Waals surface area contributed by atoms with Gasteiger partial charge in [-0.1, -0.05) is 11.6 Å². The molecule has 6 heteroatoms. The average Bonchev–Trinajstić information content (AvgIpc) is 2.28. The van der Waals surface area contributed by atoms with E-state index in [-0.39, 0.29) is 17.2 Å². The first-order valence-electron chi connectivity index (χ1n) is 5.38. The second kappa shape index (κ2) is 6.35. The number of hydrogen-bond donors (Lipinski definition) is 1. The van der Waals surface area contributed by atoms with E-state index in [1.165, 1.54) is 13.0 Å². The maximum absolute atomic E-state index is 12.8. The fourth-order valence-electron chi connectivity index (χ4n) is 1.27. The topological polar surface area (TPSA) is 55.4 Å². The van der Waals surface area contributed by atoms with Crippen molar-refractivity contribution in [3.05, 3.63) is 34.6 Å². The Hall–Kier alpha value is -1.62. The van der Waals surface area contributed by atoms with Crippen LogP contribution in [-0.2, 0) is 9.53 Å². The summed E-state index contributed by atoms with van der Waals surface area (Å²) in [6.07, 6.45) is 0. The largest absolute Gasteiger partial charge is 0.464 e. The number of ether oxygens (including phenoxy) is 1. The van der Waals surface area contributed by atoms with Crippen molar-refractivity contribution in [2.45, 2.75) is 19.9 Å². The Bertz CT molecular complexity index is 465. The molecule has 1 rings (SSSR count). The van der Waals surface area contributed by atoms with Crippen molar-refractivity contribution in [3.8, 4) is 0 Å². The highest BCUT2D eigenvalue weighted by atomic mass is 35.5. The first kappa shape index (κ1) is 14.4. The van der Waals surface area contributed by atoms with Crippen LogP contribution in [0.25, 0.3) is 0 Å². The van der Waals surface area contributed by atoms with E-state index in [2.05, 4.69) is 5.32 Å². The molecule has 0 radical (unpaired) electrons. The SMILES string of the molecule is CCOC(=O)C(C)NC(=O)c1ccc(F)cc1Cl. The van der Waals surface area contributed by atoms with E-state index >= 15 is 0 Å². The number of benzene rings is 1. The van der Waals surface area contributed by atoms with Crippen LogP contribution in [0.4, 0.5) is 4.39 Å². The molecule has 0 aliphatic carbocycles. The van der Waals surface area contributed by atoms with Crippen LogP contribution in [0, 0.1) is 5.82 Å². The Morgan fingerprint density at radius 3 is 2.72 bits per heavy atom. The Balaban J connectivity index is 2.73. The molecule has 1 amide bonds. The summed E-state index contributed by atoms with van der Waals surface area (Å²) < 4.78 is 17.6. The number of amides is 1. The summed E-state index contributed by atoms with van der Waals surface area (Å²) in [6.45, 7) is 3.40. The molecule has 18 heavy (non-hydrogen) atoms. The van der Waals surface area contributed by atoms with Gasteiger partial charge in [0.25, 0.3) is 5.91 Å². The molecule has 0 saturated heterocycles. The zero-order valence-corrected chi connectivity index (χ0v) is 10.8. The van der Waals surface area contributed by atoms with Crippen LogP contribution in [0.15, 0.2) is 18.2 Å². The van der Waals surface area contributed by atoms with Gasteiger partial charge < -0.3 is 10.1 Å². The lowest BCUT2D eigenvalue weighted by molar-refractivity contribution is -0.144. The van der Waals surface area contributed by atoms with Crippen molar-refractivity contribution in [2.24, 2.45) is 0 Å². The van der Waals surface area contributed by atoms with Crippen molar-refractivity contribution >= 4 is 23.5 Å². The summed E-state index contributed by atoms with van der Waals surface area (Å²) in [4.78, 5) is 23.1. The van der Waals surface area contributed by atoms with Crippen molar-refractivity contribution in [1.29, 1.82) is 0 Å². The van der Waals surface area contributed by atoms with Crippen molar-refractivity contribution < 1.29 is 18.7 Å². The molecule has 1 aromatic carbocycles. The van der Waals surface area contributed by atoms with Gasteiger partial charge in [-0.25, -0.2) is 9.18 Å². The fourth-order valence-corrected chi connectivity index (χ4v) is 1.53. The Morgan fingerprint density at radius 1 is 1.50 bits per heavy atom. The number of halogens is 2. The van der Waals surface area contributed by atoms with E-state index in [4.69, 9.17) is 16.3 Å². The van der Waals surface area contributed by atoms with Gasteiger partial charge in [-0.2, -0.15) is 0 Å². The van der Waals surface area contributed by atoms with Crippen molar-refractivity contribution in [1.82, 2.24) is 5.32 Å². The van der Waals surface area contributed by atoms with Gasteiger partial charge in [0, 0.05) is 0 Å². The lowest BCUT2D eigenvalue weighted by atomic mass is 10.2. The van der Waals surface area contributed by atoms with Gasteiger partial charge in [0.2, 0.25) is 0 Å². The van der Waals surface area contributed by atoms with Gasteiger partial charge in [-0.3, -0.25) is 4.79 Å². The number of nitrogens with one attached hydrogen (secondary N) is 1. The molecule has 98 valence electrons. The highest BCUT2D eigenvalue weighted by Gasteiger charge is 2.19. The maximum Gasteiger partial charge on any atom is 0.328 e. The second-order valence-electron chi connectivity index (χ2n) is 3.57. The highest BCUT2D eigenvalue weighted by Crippen LogP contribution is 2.17. The molecular weight excluding hydrogens is 261 g/mol. The third-order valence-corrected chi connectivity index (χ3v) is 2.48. The molecule has 0 aromatic heterocycles. The molecule has 0 bridgehead atoms. The predicted octanol–water partition coefficient (Wildman–Crippen LogP) is 2.16. The minimum atomic E-state index is -0.793. The van der Waals surface area contributed by atoms with Crippen LogP contribution >= 0.6 is 11.6 Å². The molecule has 0 saturated carbocycles. The summed E-state index contributed by atoms with van der Waals surface area (Å²) in [7, 11) is 0. The van der Waals surface area contributed by atoms with Gasteiger partial charge in [0.05, 0.1) is 17.2 Å². The zero-order chi connectivity index (χ0) is 13.7. The quantitative estimate of drug-likeness (QED) is 0.856. The van der Waals surface area contributed by atoms with Crippen LogP contribution < -0.4 is 5.32 Å². The standard InChI is InChI=1S/C12H13ClFNO3/c1-3-18-12(17)7(2)15-11(16)9-5-4-8(14)6-10(9)13/h4-7H,3H2,1-2H3,(H,15,16). The summed E-state index contributed by atoms with van der Waals surface area (Å²) in [5, 5.41) is 2.41. The van der Waals surface area contributed by atoms with Gasteiger partial charge in [-0.15, -0.1) is 0 Å². The minimum Gasteiger partial charge on any atom is -0.464 e. The molecule has 0 heterocycles. The molecule has 0 spiro atoms. The van der Waals surface area contributed by atoms with Crippen LogP contribution in [-0.4, -0.2) is 24.5 Å². The zero-order valence-electron chi connectivity index (χ0n) is 10.00. The molecule has 4 nitrogen and oxygen atoms in total. The third-order valence-electron chi connectivity index (χ3n) is 2.16. The number of carbonyl (C=O) groups excluding carboxylic acids is 2. The van der Waals surface area contributed by atoms with Gasteiger partial charge in [-0.05, 0) is 32.0 Å². The first-order chi connectivity index (χ1) is 8.45. The summed E-state index contributed by atoms with van der Waals surface area (Å²) in [5.74, 6) is -1.63. The van der Waals surface area contributed by atoms with Crippen LogP contribution in [0.1, 0.15) is 24.2 Å². The van der Waals surface area contributed by atoms with Gasteiger partial charge in [0.15, 0.2) is 0 Å². The van der Waals surface area contributed by atoms with Gasteiger partial charge in [0.1, 0.15) is 11.9 Å². The third kappa shape index (κ3) is 3.70. The molecular formula is C12H13ClFNO3. The van der Waals surface area contributed by atoms with Crippen molar-refractivity contribution in [3.63, 3.8) is 0 Å². The lowest BCUT2D eigenvalue weighted by Crippen LogP contribution is -2.39. The first-order valence-corrected chi connectivity index (χ1v) is 5.76. The smallest absolute Gasteiger partial charge is 0.328 e. The highest BCUT2D eigenvalue weighted by molar-refractivity contribution is 6.33. The van der Waals surface area contributed by atoms with Crippen LogP contribution in [0.5, 0.6) is 0 Å². The van der Waals surface area contributed by atoms with Crippen molar-refractivity contribution in [2.75, 3.05) is 6.61 Å². The van der Waals surface area contributed by atoms with E-state index in [1.807, 2.05) is 0 Å². The van der Waals surface area contributed by atoms with E-state index < -0.39 is 23.7 Å². The normalized spacial score (nSPS) is 11.8. The Morgan fingerprint density at radius 2 is 2.17 bits per heavy atom. The summed E-state index contributed by atoms with van der Waals surface area (Å²) >= 11 is 5.73. The van der Waals surface area contributed by atoms with E-state index in [0.29, 0.717) is 0 Å². The predicted molar refractivity (Wildman–Crippen MR) is 65.0 cm³/mol. The Kier molecular flexibility index (Phi) is 5.09.